The molecule has 0 aromatic heterocycles. The smallest absolute Gasteiger partial charge is 0.144 e. The van der Waals surface area contributed by atoms with Gasteiger partial charge >= 0.3 is 0 Å². The van der Waals surface area contributed by atoms with Crippen molar-refractivity contribution in [1.29, 1.82) is 0 Å². The molecular weight excluding hydrogens is 253 g/mol. The molecule has 0 spiro atoms. The summed E-state index contributed by atoms with van der Waals surface area (Å²) in [6, 6.07) is 2.64. The highest BCUT2D eigenvalue weighted by molar-refractivity contribution is 6.31. The van der Waals surface area contributed by atoms with E-state index in [0.29, 0.717) is 24.0 Å². The normalized spacial score (nSPS) is 12.4. The number of unbranched alkanes of at least 4 members (excludes halogenated alkanes) is 1. The lowest BCUT2D eigenvalue weighted by atomic mass is 10.0. The molecule has 4 heteroatoms. The van der Waals surface area contributed by atoms with Crippen LogP contribution in [0.25, 0.3) is 0 Å². The van der Waals surface area contributed by atoms with Gasteiger partial charge in [0.2, 0.25) is 0 Å². The maximum absolute atomic E-state index is 13.1. The number of hydrogen-bond donors (Lipinski definition) is 1. The quantitative estimate of drug-likeness (QED) is 0.734. The van der Waals surface area contributed by atoms with Crippen LogP contribution in [0.2, 0.25) is 5.02 Å². The highest BCUT2D eigenvalue weighted by atomic mass is 35.5. The summed E-state index contributed by atoms with van der Waals surface area (Å²) >= 11 is 5.71. The molecule has 0 amide bonds. The minimum Gasteiger partial charge on any atom is -0.491 e. The second-order valence-electron chi connectivity index (χ2n) is 4.53. The molecule has 0 radical (unpaired) electrons. The van der Waals surface area contributed by atoms with Crippen molar-refractivity contribution in [2.75, 3.05) is 12.3 Å². The zero-order chi connectivity index (χ0) is 13.5. The largest absolute Gasteiger partial charge is 0.491 e. The van der Waals surface area contributed by atoms with E-state index >= 15 is 0 Å². The molecule has 0 fully saturated rings. The van der Waals surface area contributed by atoms with Gasteiger partial charge in [0, 0.05) is 12.1 Å². The fraction of sp³-hybridized carbons (Fsp3) is 0.571. The minimum absolute atomic E-state index is 0.0424. The van der Waals surface area contributed by atoms with Crippen LogP contribution in [0.15, 0.2) is 12.1 Å². The van der Waals surface area contributed by atoms with Crippen molar-refractivity contribution in [3.8, 4) is 5.75 Å². The lowest BCUT2D eigenvalue weighted by molar-refractivity contribution is 0.234. The second-order valence-corrected chi connectivity index (χ2v) is 4.94. The van der Waals surface area contributed by atoms with Gasteiger partial charge in [0.1, 0.15) is 11.6 Å². The Kier molecular flexibility index (Phi) is 6.27. The molecule has 0 aliphatic rings. The Morgan fingerprint density at radius 2 is 2.11 bits per heavy atom. The first-order valence-corrected chi connectivity index (χ1v) is 6.83. The SMILES string of the molecule is CCCCC(CC)COc1cc(Cl)c(F)cc1N. The Labute approximate surface area is 113 Å². The zero-order valence-electron chi connectivity index (χ0n) is 11.0. The molecule has 18 heavy (non-hydrogen) atoms. The van der Waals surface area contributed by atoms with Gasteiger partial charge in [0.15, 0.2) is 0 Å². The predicted octanol–water partition coefficient (Wildman–Crippen LogP) is 4.66. The topological polar surface area (TPSA) is 35.2 Å². The van der Waals surface area contributed by atoms with Crippen LogP contribution in [-0.2, 0) is 0 Å². The van der Waals surface area contributed by atoms with Crippen molar-refractivity contribution in [2.45, 2.75) is 39.5 Å². The number of hydrogen-bond acceptors (Lipinski definition) is 2. The van der Waals surface area contributed by atoms with E-state index in [1.165, 1.54) is 25.0 Å². The summed E-state index contributed by atoms with van der Waals surface area (Å²) < 4.78 is 18.8. The van der Waals surface area contributed by atoms with E-state index in [1.54, 1.807) is 0 Å². The molecule has 2 N–H and O–H groups in total. The van der Waals surface area contributed by atoms with Crippen LogP contribution in [0.4, 0.5) is 10.1 Å². The van der Waals surface area contributed by atoms with Gasteiger partial charge in [-0.15, -0.1) is 0 Å². The van der Waals surface area contributed by atoms with Crippen LogP contribution in [0.5, 0.6) is 5.75 Å². The molecule has 0 saturated heterocycles. The molecule has 1 atom stereocenters. The van der Waals surface area contributed by atoms with Gasteiger partial charge in [-0.25, -0.2) is 4.39 Å². The predicted molar refractivity (Wildman–Crippen MR) is 74.6 cm³/mol. The average Bonchev–Trinajstić information content (AvgIpc) is 2.35. The first-order valence-electron chi connectivity index (χ1n) is 6.45. The zero-order valence-corrected chi connectivity index (χ0v) is 11.8. The standard InChI is InChI=1S/C14H21ClFNO/c1-3-5-6-10(4-2)9-18-14-7-11(15)12(16)8-13(14)17/h7-8,10H,3-6,9,17H2,1-2H3. The van der Waals surface area contributed by atoms with E-state index < -0.39 is 5.82 Å². The van der Waals surface area contributed by atoms with Gasteiger partial charge in [-0.1, -0.05) is 44.7 Å². The first-order chi connectivity index (χ1) is 8.58. The van der Waals surface area contributed by atoms with Crippen molar-refractivity contribution >= 4 is 17.3 Å². The molecule has 1 rings (SSSR count). The number of ether oxygens (including phenoxy) is 1. The van der Waals surface area contributed by atoms with Gasteiger partial charge in [-0.2, -0.15) is 0 Å². The average molecular weight is 274 g/mol. The number of halogens is 2. The Bertz CT molecular complexity index is 384. The third-order valence-electron chi connectivity index (χ3n) is 3.07. The van der Waals surface area contributed by atoms with E-state index in [0.717, 1.165) is 12.8 Å². The Morgan fingerprint density at radius 3 is 2.72 bits per heavy atom. The van der Waals surface area contributed by atoms with E-state index in [4.69, 9.17) is 22.1 Å². The summed E-state index contributed by atoms with van der Waals surface area (Å²) in [7, 11) is 0. The van der Waals surface area contributed by atoms with Gasteiger partial charge < -0.3 is 10.5 Å². The number of rotatable bonds is 7. The Hall–Kier alpha value is -0.960. The molecule has 0 aliphatic heterocycles. The third kappa shape index (κ3) is 4.37. The van der Waals surface area contributed by atoms with Crippen LogP contribution in [0.1, 0.15) is 39.5 Å². The highest BCUT2D eigenvalue weighted by Crippen LogP contribution is 2.29. The summed E-state index contributed by atoms with van der Waals surface area (Å²) in [4.78, 5) is 0. The molecule has 1 aromatic carbocycles. The molecule has 0 heterocycles. The Balaban J connectivity index is 2.59. The lowest BCUT2D eigenvalue weighted by Gasteiger charge is -2.16. The third-order valence-corrected chi connectivity index (χ3v) is 3.36. The minimum atomic E-state index is -0.514. The van der Waals surface area contributed by atoms with Crippen molar-refractivity contribution < 1.29 is 9.13 Å². The van der Waals surface area contributed by atoms with Gasteiger partial charge in [-0.05, 0) is 12.3 Å². The molecule has 1 aromatic rings. The van der Waals surface area contributed by atoms with Crippen LogP contribution in [-0.4, -0.2) is 6.61 Å². The van der Waals surface area contributed by atoms with E-state index in [1.807, 2.05) is 0 Å². The molecule has 0 bridgehead atoms. The Morgan fingerprint density at radius 1 is 1.39 bits per heavy atom. The van der Waals surface area contributed by atoms with Crippen molar-refractivity contribution in [1.82, 2.24) is 0 Å². The second kappa shape index (κ2) is 7.47. The van der Waals surface area contributed by atoms with Crippen LogP contribution in [0.3, 0.4) is 0 Å². The highest BCUT2D eigenvalue weighted by Gasteiger charge is 2.11. The van der Waals surface area contributed by atoms with Crippen LogP contribution >= 0.6 is 11.6 Å². The van der Waals surface area contributed by atoms with E-state index in [2.05, 4.69) is 13.8 Å². The molecule has 0 saturated carbocycles. The number of nitrogen functional groups attached to an aromatic ring is 1. The molecular formula is C14H21ClFNO. The number of nitrogens with two attached hydrogens (primary N) is 1. The fourth-order valence-electron chi connectivity index (χ4n) is 1.77. The monoisotopic (exact) mass is 273 g/mol. The number of anilines is 1. The summed E-state index contributed by atoms with van der Waals surface area (Å²) in [6.07, 6.45) is 4.58. The van der Waals surface area contributed by atoms with E-state index in [9.17, 15) is 4.39 Å². The van der Waals surface area contributed by atoms with Crippen molar-refractivity contribution in [2.24, 2.45) is 5.92 Å². The molecule has 2 nitrogen and oxygen atoms in total. The van der Waals surface area contributed by atoms with Crippen LogP contribution in [0, 0.1) is 11.7 Å². The molecule has 102 valence electrons. The van der Waals surface area contributed by atoms with Crippen molar-refractivity contribution in [3.05, 3.63) is 23.0 Å². The summed E-state index contributed by atoms with van der Waals surface area (Å²) in [5.41, 5.74) is 5.99. The maximum Gasteiger partial charge on any atom is 0.144 e. The first kappa shape index (κ1) is 15.1. The lowest BCUT2D eigenvalue weighted by Crippen LogP contribution is -2.12. The summed E-state index contributed by atoms with van der Waals surface area (Å²) in [5, 5.41) is 0.0424. The summed E-state index contributed by atoms with van der Waals surface area (Å²) in [5.74, 6) is 0.462. The van der Waals surface area contributed by atoms with Gasteiger partial charge in [0.05, 0.1) is 17.3 Å². The van der Waals surface area contributed by atoms with Gasteiger partial charge in [-0.3, -0.25) is 0 Å². The number of benzene rings is 1. The van der Waals surface area contributed by atoms with Crippen LogP contribution < -0.4 is 10.5 Å². The maximum atomic E-state index is 13.1. The van der Waals surface area contributed by atoms with Gasteiger partial charge in [0.25, 0.3) is 0 Å². The molecule has 0 aliphatic carbocycles. The van der Waals surface area contributed by atoms with Crippen molar-refractivity contribution in [3.63, 3.8) is 0 Å². The molecule has 1 unspecified atom stereocenters. The van der Waals surface area contributed by atoms with E-state index in [-0.39, 0.29) is 5.02 Å². The fourth-order valence-corrected chi connectivity index (χ4v) is 1.93. The summed E-state index contributed by atoms with van der Waals surface area (Å²) in [6.45, 7) is 4.92.